The van der Waals surface area contributed by atoms with Crippen molar-refractivity contribution >= 4 is 66.5 Å². The number of fused-ring (bicyclic) bond motifs is 6. The van der Waals surface area contributed by atoms with E-state index < -0.39 is 0 Å². The van der Waals surface area contributed by atoms with Crippen LogP contribution < -0.4 is 19.4 Å². The summed E-state index contributed by atoms with van der Waals surface area (Å²) < 4.78 is 10.1. The number of para-hydroxylation sites is 2. The van der Waals surface area contributed by atoms with Crippen LogP contribution in [0.2, 0.25) is 0 Å². The molecule has 0 aliphatic carbocycles. The molecule has 0 unspecified atom stereocenters. The number of methoxy groups -OCH3 is 2. The Hall–Kier alpha value is -4.91. The summed E-state index contributed by atoms with van der Waals surface area (Å²) in [5.74, 6) is 1.20. The van der Waals surface area contributed by atoms with Crippen molar-refractivity contribution in [3.8, 4) is 32.8 Å². The second-order valence-corrected chi connectivity index (χ2v) is 12.8. The third-order valence-electron chi connectivity index (χ3n) is 7.75. The first kappa shape index (κ1) is 40.3. The molecule has 0 saturated heterocycles. The van der Waals surface area contributed by atoms with E-state index in [1.54, 1.807) is 43.1 Å². The van der Waals surface area contributed by atoms with Gasteiger partial charge in [-0.05, 0) is 67.8 Å². The zero-order chi connectivity index (χ0) is 35.5. The molecule has 54 heavy (non-hydrogen) atoms. The van der Waals surface area contributed by atoms with E-state index >= 15 is 0 Å². The van der Waals surface area contributed by atoms with E-state index in [0.29, 0.717) is 11.8 Å². The first-order valence-electron chi connectivity index (χ1n) is 16.2. The van der Waals surface area contributed by atoms with Crippen molar-refractivity contribution in [1.29, 1.82) is 0 Å². The maximum Gasteiger partial charge on any atom is 2.00 e. The van der Waals surface area contributed by atoms with Crippen LogP contribution in [0.4, 0.5) is 0 Å². The Bertz CT molecular complexity index is 2430. The van der Waals surface area contributed by atoms with Gasteiger partial charge >= 0.3 is 21.1 Å². The van der Waals surface area contributed by atoms with Crippen molar-refractivity contribution in [2.45, 2.75) is 0 Å². The fourth-order valence-corrected chi connectivity index (χ4v) is 6.62. The van der Waals surface area contributed by atoms with Gasteiger partial charge in [-0.3, -0.25) is 11.3 Å². The van der Waals surface area contributed by atoms with Crippen molar-refractivity contribution in [3.63, 3.8) is 0 Å². The van der Waals surface area contributed by atoms with Crippen LogP contribution in [-0.4, -0.2) is 29.2 Å². The molecule has 0 amide bonds. The Kier molecular flexibility index (Phi) is 14.9. The van der Waals surface area contributed by atoms with Gasteiger partial charge < -0.3 is 34.4 Å². The molecular formula is C43H30N5O2Pt2S2-3. The number of hydrogen-bond donors (Lipinski definition) is 0. The SMILES string of the molecule is COc1ccc2c(n1)[n-]c1ccccc12.COc1ccc2c(n1)[n-]c1ccccc12.[Pt+2].[Pt].[c-]1ccccc1-c1[c-]ccs1.[c-]1ccsc1-c1ccccn1. The van der Waals surface area contributed by atoms with E-state index in [0.717, 1.165) is 64.9 Å². The minimum Gasteiger partial charge on any atom is -0.500 e. The molecule has 274 valence electrons. The van der Waals surface area contributed by atoms with Gasteiger partial charge in [0.1, 0.15) is 11.8 Å². The Morgan fingerprint density at radius 3 is 1.56 bits per heavy atom. The van der Waals surface area contributed by atoms with Gasteiger partial charge in [0.15, 0.2) is 0 Å². The van der Waals surface area contributed by atoms with Crippen molar-refractivity contribution < 1.29 is 51.6 Å². The average molecular weight is 1100 g/mol. The molecule has 0 saturated carbocycles. The van der Waals surface area contributed by atoms with Crippen molar-refractivity contribution in [2.24, 2.45) is 0 Å². The number of pyridine rings is 3. The quantitative estimate of drug-likeness (QED) is 0.162. The monoisotopic (exact) mass is 1100 g/mol. The van der Waals surface area contributed by atoms with Crippen molar-refractivity contribution in [1.82, 2.24) is 24.9 Å². The third kappa shape index (κ3) is 9.79. The van der Waals surface area contributed by atoms with Crippen LogP contribution in [0.15, 0.2) is 144 Å². The van der Waals surface area contributed by atoms with Gasteiger partial charge in [-0.15, -0.1) is 16.8 Å². The second-order valence-electron chi connectivity index (χ2n) is 11.0. The molecule has 3 aromatic carbocycles. The molecule has 7 nitrogen and oxygen atoms in total. The molecule has 11 heteroatoms. The summed E-state index contributed by atoms with van der Waals surface area (Å²) in [5.41, 5.74) is 5.58. The van der Waals surface area contributed by atoms with Crippen LogP contribution in [0.3, 0.4) is 0 Å². The predicted octanol–water partition coefficient (Wildman–Crippen LogP) is 10.3. The van der Waals surface area contributed by atoms with E-state index in [2.05, 4.69) is 55.3 Å². The van der Waals surface area contributed by atoms with E-state index in [1.165, 1.54) is 0 Å². The molecule has 0 radical (unpaired) electrons. The van der Waals surface area contributed by atoms with Crippen molar-refractivity contribution in [3.05, 3.63) is 163 Å². The van der Waals surface area contributed by atoms with Gasteiger partial charge in [0.05, 0.1) is 14.2 Å². The Morgan fingerprint density at radius 2 is 1.07 bits per heavy atom. The minimum atomic E-state index is 0. The number of thiophene rings is 2. The molecule has 0 aliphatic heterocycles. The van der Waals surface area contributed by atoms with Gasteiger partial charge in [0, 0.05) is 27.3 Å². The van der Waals surface area contributed by atoms with E-state index in [1.807, 2.05) is 126 Å². The maximum absolute atomic E-state index is 5.07. The zero-order valence-electron chi connectivity index (χ0n) is 28.9. The smallest absolute Gasteiger partial charge is 0.500 e. The summed E-state index contributed by atoms with van der Waals surface area (Å²) in [6.45, 7) is 0. The molecule has 0 N–H and O–H groups in total. The van der Waals surface area contributed by atoms with Crippen LogP contribution in [0.25, 0.3) is 64.9 Å². The van der Waals surface area contributed by atoms with Gasteiger partial charge in [-0.1, -0.05) is 77.7 Å². The number of rotatable bonds is 4. The summed E-state index contributed by atoms with van der Waals surface area (Å²) >= 11 is 3.35. The Morgan fingerprint density at radius 1 is 0.537 bits per heavy atom. The second kappa shape index (κ2) is 20.0. The molecule has 0 aliphatic rings. The number of hydrogen-bond acceptors (Lipinski definition) is 7. The van der Waals surface area contributed by atoms with Gasteiger partial charge in [-0.2, -0.15) is 41.3 Å². The van der Waals surface area contributed by atoms with Crippen LogP contribution in [-0.2, 0) is 42.1 Å². The van der Waals surface area contributed by atoms with Crippen molar-refractivity contribution in [2.75, 3.05) is 14.2 Å². The molecule has 0 spiro atoms. The van der Waals surface area contributed by atoms with Crippen LogP contribution >= 0.6 is 22.7 Å². The molecule has 0 fully saturated rings. The molecule has 10 rings (SSSR count). The molecule has 10 aromatic rings. The van der Waals surface area contributed by atoms with Gasteiger partial charge in [0.25, 0.3) is 0 Å². The largest absolute Gasteiger partial charge is 2.00 e. The fraction of sp³-hybridized carbons (Fsp3) is 0.0465. The summed E-state index contributed by atoms with van der Waals surface area (Å²) in [6, 6.07) is 50.8. The van der Waals surface area contributed by atoms with Gasteiger partial charge in [-0.25, -0.2) is 29.0 Å². The number of benzene rings is 3. The standard InChI is InChI=1S/2C12H9N2O.C10H6S.C9H6NS.2Pt/c2*1-15-11-7-6-9-8-4-2-3-5-10(8)13-12(9)14-11;1-2-5-9(6-3-1)10-7-4-8-11-10;1-2-6-10-8(4-1)9-5-3-7-11-9;;/h2*2-7H,1H3;1-5,8H;1-4,6-7H;;/q2*-1;-2;-1;;+2. The normalized spacial score (nSPS) is 10.1. The summed E-state index contributed by atoms with van der Waals surface area (Å²) in [5, 5.41) is 8.46. The number of ether oxygens (including phenoxy) is 2. The molecular weight excluding hydrogens is 1070 g/mol. The summed E-state index contributed by atoms with van der Waals surface area (Å²) in [6.07, 6.45) is 1.79. The third-order valence-corrected chi connectivity index (χ3v) is 9.43. The Balaban J connectivity index is 0.000000138. The summed E-state index contributed by atoms with van der Waals surface area (Å²) in [7, 11) is 3.22. The van der Waals surface area contributed by atoms with Crippen LogP contribution in [0, 0.1) is 18.2 Å². The first-order valence-corrected chi connectivity index (χ1v) is 18.0. The fourth-order valence-electron chi connectivity index (χ4n) is 5.31. The molecule has 0 bridgehead atoms. The Labute approximate surface area is 350 Å². The number of aromatic nitrogens is 5. The average Bonchev–Trinajstić information content (AvgIpc) is 4.05. The number of nitrogens with zero attached hydrogens (tertiary/aromatic N) is 5. The maximum atomic E-state index is 5.07. The van der Waals surface area contributed by atoms with Crippen LogP contribution in [0.5, 0.6) is 11.8 Å². The van der Waals surface area contributed by atoms with Gasteiger partial charge in [0.2, 0.25) is 0 Å². The summed E-state index contributed by atoms with van der Waals surface area (Å²) in [4.78, 5) is 23.9. The van der Waals surface area contributed by atoms with E-state index in [-0.39, 0.29) is 42.1 Å². The molecule has 7 heterocycles. The predicted molar refractivity (Wildman–Crippen MR) is 212 cm³/mol. The van der Waals surface area contributed by atoms with Crippen LogP contribution in [0.1, 0.15) is 0 Å². The minimum absolute atomic E-state index is 0. The molecule has 0 atom stereocenters. The molecule has 7 aromatic heterocycles. The van der Waals surface area contributed by atoms with E-state index in [4.69, 9.17) is 9.47 Å². The topological polar surface area (TPSA) is 85.3 Å². The van der Waals surface area contributed by atoms with E-state index in [9.17, 15) is 0 Å². The zero-order valence-corrected chi connectivity index (χ0v) is 35.0. The first-order chi connectivity index (χ1) is 25.7.